The molecule has 1 aromatic heterocycles. The summed E-state index contributed by atoms with van der Waals surface area (Å²) >= 11 is 6.29. The molecule has 4 heterocycles. The van der Waals surface area contributed by atoms with Gasteiger partial charge >= 0.3 is 0 Å². The van der Waals surface area contributed by atoms with E-state index in [0.717, 1.165) is 90.1 Å². The largest absolute Gasteiger partial charge is 0.322 e. The van der Waals surface area contributed by atoms with Gasteiger partial charge in [0.15, 0.2) is 0 Å². The standard InChI is InChI=1S/C44H41ClN6O3/c1-29-30(2)51(48-42(29)35-14-15-36(26-46)39(45)25-35)27-34-11-9-31(10-12-34)7-8-32-19-22-49(23-20-32)21-5-3-4-6-33-13-16-38-37(24-33)28-50(44(38)54)40-17-18-41(52)47-43(40)53/h9-16,24-25,32,40H,3,5,17-23,27-28H2,1-2H3,(H,47,52,53). The van der Waals surface area contributed by atoms with E-state index in [2.05, 4.69) is 78.1 Å². The lowest BCUT2D eigenvalue weighted by atomic mass is 9.96. The zero-order chi connectivity index (χ0) is 37.8. The first-order valence-electron chi connectivity index (χ1n) is 18.5. The van der Waals surface area contributed by atoms with Crippen molar-refractivity contribution < 1.29 is 14.4 Å². The average molecular weight is 737 g/mol. The Morgan fingerprint density at radius 1 is 0.944 bits per heavy atom. The van der Waals surface area contributed by atoms with Crippen molar-refractivity contribution in [2.24, 2.45) is 5.92 Å². The maximum Gasteiger partial charge on any atom is 0.255 e. The maximum atomic E-state index is 12.9. The van der Waals surface area contributed by atoms with E-state index >= 15 is 0 Å². The molecule has 3 amide bonds. The average Bonchev–Trinajstić information content (AvgIpc) is 3.65. The SMILES string of the molecule is Cc1c(-c2ccc(C#N)c(Cl)c2)nn(Cc2ccc(C#CC3CCN(CCCC#Cc4ccc5c(c4)CN(C4CCC(=O)NC4=O)C5=O)CC3)cc2)c1C. The van der Waals surface area contributed by atoms with Crippen LogP contribution < -0.4 is 5.32 Å². The van der Waals surface area contributed by atoms with Crippen molar-refractivity contribution in [1.29, 1.82) is 5.26 Å². The van der Waals surface area contributed by atoms with Crippen LogP contribution in [-0.4, -0.2) is 63.0 Å². The van der Waals surface area contributed by atoms with Gasteiger partial charge in [-0.05, 0) is 118 Å². The molecule has 3 aromatic carbocycles. The monoisotopic (exact) mass is 736 g/mol. The molecule has 4 aromatic rings. The number of unbranched alkanes of at least 4 members (excludes halogenated alkanes) is 1. The van der Waals surface area contributed by atoms with Crippen LogP contribution in [0.3, 0.4) is 0 Å². The van der Waals surface area contributed by atoms with Crippen molar-refractivity contribution in [3.8, 4) is 41.0 Å². The van der Waals surface area contributed by atoms with Gasteiger partial charge in [0.2, 0.25) is 11.8 Å². The molecular formula is C44H41ClN6O3. The van der Waals surface area contributed by atoms with Gasteiger partial charge in [-0.3, -0.25) is 24.4 Å². The van der Waals surface area contributed by atoms with Crippen molar-refractivity contribution in [3.05, 3.63) is 110 Å². The van der Waals surface area contributed by atoms with Gasteiger partial charge < -0.3 is 9.80 Å². The van der Waals surface area contributed by atoms with Gasteiger partial charge in [-0.1, -0.05) is 53.5 Å². The minimum absolute atomic E-state index is 0.167. The van der Waals surface area contributed by atoms with Gasteiger partial charge in [0.05, 0.1) is 22.8 Å². The summed E-state index contributed by atoms with van der Waals surface area (Å²) in [6, 6.07) is 21.0. The van der Waals surface area contributed by atoms with Crippen molar-refractivity contribution in [2.75, 3.05) is 19.6 Å². The molecule has 1 atom stereocenters. The number of hydrogen-bond donors (Lipinski definition) is 1. The van der Waals surface area contributed by atoms with Gasteiger partial charge in [-0.25, -0.2) is 0 Å². The van der Waals surface area contributed by atoms with E-state index < -0.39 is 11.9 Å². The number of carbonyl (C=O) groups excluding carboxylic acids is 3. The molecule has 2 saturated heterocycles. The Balaban J connectivity index is 0.843. The van der Waals surface area contributed by atoms with Gasteiger partial charge in [0.25, 0.3) is 5.91 Å². The Bertz CT molecular complexity index is 2290. The minimum atomic E-state index is -0.611. The Labute approximate surface area is 321 Å². The van der Waals surface area contributed by atoms with E-state index in [4.69, 9.17) is 16.7 Å². The Morgan fingerprint density at radius 3 is 2.46 bits per heavy atom. The topological polar surface area (TPSA) is 111 Å². The second-order valence-electron chi connectivity index (χ2n) is 14.3. The number of nitrogens with zero attached hydrogens (tertiary/aromatic N) is 5. The Kier molecular flexibility index (Phi) is 11.0. The molecule has 0 radical (unpaired) electrons. The van der Waals surface area contributed by atoms with Crippen LogP contribution in [0.25, 0.3) is 11.3 Å². The molecule has 9 nitrogen and oxygen atoms in total. The number of imide groups is 1. The van der Waals surface area contributed by atoms with E-state index in [-0.39, 0.29) is 18.2 Å². The molecule has 0 saturated carbocycles. The number of carbonyl (C=O) groups is 3. The normalized spacial score (nSPS) is 17.3. The fourth-order valence-electron chi connectivity index (χ4n) is 7.38. The molecular weight excluding hydrogens is 696 g/mol. The molecule has 10 heteroatoms. The molecule has 1 N–H and O–H groups in total. The summed E-state index contributed by atoms with van der Waals surface area (Å²) < 4.78 is 2.01. The number of hydrogen-bond acceptors (Lipinski definition) is 6. The maximum absolute atomic E-state index is 12.9. The molecule has 0 spiro atoms. The zero-order valence-electron chi connectivity index (χ0n) is 30.5. The van der Waals surface area contributed by atoms with Gasteiger partial charge in [-0.2, -0.15) is 10.4 Å². The number of fused-ring (bicyclic) bond motifs is 1. The number of piperidine rings is 2. The molecule has 0 aliphatic carbocycles. The van der Waals surface area contributed by atoms with Crippen LogP contribution in [0.2, 0.25) is 5.02 Å². The second-order valence-corrected chi connectivity index (χ2v) is 14.7. The first kappa shape index (κ1) is 36.7. The summed E-state index contributed by atoms with van der Waals surface area (Å²) in [5.41, 5.74) is 8.91. The zero-order valence-corrected chi connectivity index (χ0v) is 31.3. The number of likely N-dealkylation sites (tertiary alicyclic amines) is 1. The van der Waals surface area contributed by atoms with Crippen LogP contribution in [0.4, 0.5) is 0 Å². The molecule has 1 unspecified atom stereocenters. The summed E-state index contributed by atoms with van der Waals surface area (Å²) in [7, 11) is 0. The molecule has 3 aliphatic rings. The van der Waals surface area contributed by atoms with E-state index in [9.17, 15) is 19.6 Å². The molecule has 54 heavy (non-hydrogen) atoms. The highest BCUT2D eigenvalue weighted by Gasteiger charge is 2.39. The van der Waals surface area contributed by atoms with Crippen molar-refractivity contribution in [2.45, 2.75) is 71.5 Å². The van der Waals surface area contributed by atoms with Crippen LogP contribution in [0, 0.1) is 54.8 Å². The summed E-state index contributed by atoms with van der Waals surface area (Å²) in [6.45, 7) is 8.22. The highest BCUT2D eigenvalue weighted by molar-refractivity contribution is 6.32. The van der Waals surface area contributed by atoms with Crippen LogP contribution >= 0.6 is 11.6 Å². The molecule has 0 bridgehead atoms. The molecule has 3 aliphatic heterocycles. The third-order valence-corrected chi connectivity index (χ3v) is 11.0. The molecule has 2 fully saturated rings. The Hall–Kier alpha value is -5.66. The van der Waals surface area contributed by atoms with E-state index in [1.807, 2.05) is 22.9 Å². The number of nitriles is 1. The fourth-order valence-corrected chi connectivity index (χ4v) is 7.60. The number of halogens is 1. The highest BCUT2D eigenvalue weighted by Crippen LogP contribution is 2.30. The van der Waals surface area contributed by atoms with Crippen molar-refractivity contribution in [3.63, 3.8) is 0 Å². The first-order chi connectivity index (χ1) is 26.2. The lowest BCUT2D eigenvalue weighted by molar-refractivity contribution is -0.136. The van der Waals surface area contributed by atoms with Crippen molar-refractivity contribution in [1.82, 2.24) is 24.9 Å². The number of amides is 3. The number of nitrogens with one attached hydrogen (secondary N) is 1. The summed E-state index contributed by atoms with van der Waals surface area (Å²) in [5, 5.41) is 16.9. The van der Waals surface area contributed by atoms with E-state index in [1.165, 1.54) is 0 Å². The van der Waals surface area contributed by atoms with Gasteiger partial charge in [0, 0.05) is 53.3 Å². The predicted molar refractivity (Wildman–Crippen MR) is 207 cm³/mol. The number of rotatable bonds is 7. The predicted octanol–water partition coefficient (Wildman–Crippen LogP) is 6.40. The number of benzene rings is 3. The summed E-state index contributed by atoms with van der Waals surface area (Å²) in [6.07, 6.45) is 4.50. The van der Waals surface area contributed by atoms with Crippen LogP contribution in [0.5, 0.6) is 0 Å². The number of aromatic nitrogens is 2. The van der Waals surface area contributed by atoms with E-state index in [1.54, 1.807) is 23.1 Å². The molecule has 7 rings (SSSR count). The first-order valence-corrected chi connectivity index (χ1v) is 18.9. The highest BCUT2D eigenvalue weighted by atomic mass is 35.5. The van der Waals surface area contributed by atoms with Gasteiger partial charge in [-0.15, -0.1) is 0 Å². The van der Waals surface area contributed by atoms with Gasteiger partial charge in [0.1, 0.15) is 12.1 Å². The fraction of sp³-hybridized carbons (Fsp3) is 0.341. The summed E-state index contributed by atoms with van der Waals surface area (Å²) in [4.78, 5) is 40.9. The smallest absolute Gasteiger partial charge is 0.255 e. The quantitative estimate of drug-likeness (QED) is 0.134. The van der Waals surface area contributed by atoms with Crippen molar-refractivity contribution >= 4 is 29.3 Å². The second kappa shape index (κ2) is 16.1. The van der Waals surface area contributed by atoms with Crippen LogP contribution in [0.15, 0.2) is 60.7 Å². The van der Waals surface area contributed by atoms with E-state index in [0.29, 0.717) is 41.6 Å². The molecule has 272 valence electrons. The Morgan fingerprint density at radius 2 is 1.72 bits per heavy atom. The minimum Gasteiger partial charge on any atom is -0.322 e. The third kappa shape index (κ3) is 8.12. The lowest BCUT2D eigenvalue weighted by Crippen LogP contribution is -2.52. The third-order valence-electron chi connectivity index (χ3n) is 10.7. The lowest BCUT2D eigenvalue weighted by Gasteiger charge is -2.29. The van der Waals surface area contributed by atoms with Crippen LogP contribution in [-0.2, 0) is 22.7 Å². The summed E-state index contributed by atoms with van der Waals surface area (Å²) in [5.74, 6) is 13.0. The van der Waals surface area contributed by atoms with Crippen LogP contribution in [0.1, 0.15) is 88.0 Å².